The molecule has 168 valence electrons. The Morgan fingerprint density at radius 3 is 2.36 bits per heavy atom. The predicted octanol–water partition coefficient (Wildman–Crippen LogP) is 5.23. The van der Waals surface area contributed by atoms with E-state index in [4.69, 9.17) is 16.3 Å². The Kier molecular flexibility index (Phi) is 6.06. The summed E-state index contributed by atoms with van der Waals surface area (Å²) in [5, 5.41) is 7.46. The number of hydrogen-bond acceptors (Lipinski definition) is 4. The Hall–Kier alpha value is -3.85. The third-order valence-corrected chi connectivity index (χ3v) is 4.84. The van der Waals surface area contributed by atoms with Gasteiger partial charge in [0.2, 0.25) is 0 Å². The van der Waals surface area contributed by atoms with Crippen molar-refractivity contribution in [2.75, 3.05) is 11.9 Å². The molecular weight excluding hydrogens is 459 g/mol. The maximum absolute atomic E-state index is 13.2. The van der Waals surface area contributed by atoms with E-state index in [9.17, 15) is 22.8 Å². The van der Waals surface area contributed by atoms with Gasteiger partial charge in [-0.3, -0.25) is 9.59 Å². The van der Waals surface area contributed by atoms with Gasteiger partial charge in [-0.2, -0.15) is 23.0 Å². The molecule has 0 fully saturated rings. The molecule has 6 nitrogen and oxygen atoms in total. The average molecular weight is 474 g/mol. The Balaban J connectivity index is 1.78. The number of halogens is 4. The first-order valence-corrected chi connectivity index (χ1v) is 9.99. The van der Waals surface area contributed by atoms with Crippen molar-refractivity contribution in [3.05, 3.63) is 93.9 Å². The van der Waals surface area contributed by atoms with E-state index in [1.54, 1.807) is 54.6 Å². The van der Waals surface area contributed by atoms with Gasteiger partial charge in [0.1, 0.15) is 5.75 Å². The zero-order chi connectivity index (χ0) is 23.6. The number of alkyl halides is 3. The molecule has 0 atom stereocenters. The molecule has 0 saturated heterocycles. The molecule has 3 aromatic carbocycles. The topological polar surface area (TPSA) is 73.2 Å². The number of nitrogens with zero attached hydrogens (tertiary/aromatic N) is 2. The highest BCUT2D eigenvalue weighted by Crippen LogP contribution is 2.30. The van der Waals surface area contributed by atoms with Crippen molar-refractivity contribution in [3.63, 3.8) is 0 Å². The van der Waals surface area contributed by atoms with E-state index in [2.05, 4.69) is 10.4 Å². The first-order valence-electron chi connectivity index (χ1n) is 9.61. The highest BCUT2D eigenvalue weighted by atomic mass is 35.5. The highest BCUT2D eigenvalue weighted by molar-refractivity contribution is 6.31. The van der Waals surface area contributed by atoms with Gasteiger partial charge < -0.3 is 10.1 Å². The molecular formula is C23H15ClF3N3O3. The lowest BCUT2D eigenvalue weighted by Gasteiger charge is -2.15. The van der Waals surface area contributed by atoms with Crippen LogP contribution in [0.1, 0.15) is 10.5 Å². The highest BCUT2D eigenvalue weighted by Gasteiger charge is 2.29. The summed E-state index contributed by atoms with van der Waals surface area (Å²) in [5.41, 5.74) is -0.152. The summed E-state index contributed by atoms with van der Waals surface area (Å²) >= 11 is 5.97. The Labute approximate surface area is 190 Å². The van der Waals surface area contributed by atoms with Crippen LogP contribution >= 0.6 is 11.6 Å². The van der Waals surface area contributed by atoms with Gasteiger partial charge in [0.25, 0.3) is 11.5 Å². The molecule has 1 heterocycles. The zero-order valence-electron chi connectivity index (χ0n) is 16.8. The minimum Gasteiger partial charge on any atom is -0.482 e. The molecule has 0 aliphatic heterocycles. The number of rotatable bonds is 5. The Morgan fingerprint density at radius 2 is 1.67 bits per heavy atom. The van der Waals surface area contributed by atoms with Gasteiger partial charge in [-0.25, -0.2) is 0 Å². The third-order valence-electron chi connectivity index (χ3n) is 4.60. The van der Waals surface area contributed by atoms with Gasteiger partial charge in [-0.1, -0.05) is 48.0 Å². The molecule has 0 spiro atoms. The normalized spacial score (nSPS) is 11.4. The molecule has 4 rings (SSSR count). The summed E-state index contributed by atoms with van der Waals surface area (Å²) in [7, 11) is 0. The number of amides is 1. The van der Waals surface area contributed by atoms with Crippen molar-refractivity contribution in [2.24, 2.45) is 0 Å². The smallest absolute Gasteiger partial charge is 0.422 e. The molecule has 0 aliphatic rings. The zero-order valence-corrected chi connectivity index (χ0v) is 17.5. The lowest BCUT2D eigenvalue weighted by atomic mass is 10.1. The second-order valence-corrected chi connectivity index (χ2v) is 7.38. The molecule has 4 aromatic rings. The third kappa shape index (κ3) is 4.98. The SMILES string of the molecule is O=C(Nc1cc(Cl)ccc1OCC(F)(F)F)c1nn(-c2ccccc2)c(=O)c2ccccc12. The van der Waals surface area contributed by atoms with Crippen LogP contribution in [0.5, 0.6) is 5.75 Å². The number of ether oxygens (including phenoxy) is 1. The van der Waals surface area contributed by atoms with E-state index in [1.807, 2.05) is 0 Å². The van der Waals surface area contributed by atoms with Crippen LogP contribution in [-0.4, -0.2) is 28.5 Å². The summed E-state index contributed by atoms with van der Waals surface area (Å²) in [6, 6.07) is 18.8. The van der Waals surface area contributed by atoms with Crippen LogP contribution < -0.4 is 15.6 Å². The van der Waals surface area contributed by atoms with E-state index < -0.39 is 24.2 Å². The molecule has 0 aliphatic carbocycles. The number of carbonyl (C=O) groups excluding carboxylic acids is 1. The molecule has 0 unspecified atom stereocenters. The van der Waals surface area contributed by atoms with Crippen molar-refractivity contribution in [2.45, 2.75) is 6.18 Å². The largest absolute Gasteiger partial charge is 0.482 e. The van der Waals surface area contributed by atoms with E-state index in [-0.39, 0.29) is 32.9 Å². The molecule has 1 amide bonds. The number of aromatic nitrogens is 2. The van der Waals surface area contributed by atoms with Crippen LogP contribution in [0.3, 0.4) is 0 Å². The lowest BCUT2D eigenvalue weighted by Crippen LogP contribution is -2.26. The van der Waals surface area contributed by atoms with E-state index in [1.165, 1.54) is 18.2 Å². The van der Waals surface area contributed by atoms with Crippen LogP contribution in [0.2, 0.25) is 5.02 Å². The van der Waals surface area contributed by atoms with Gasteiger partial charge in [-0.15, -0.1) is 0 Å². The van der Waals surface area contributed by atoms with Crippen LogP contribution in [-0.2, 0) is 0 Å². The van der Waals surface area contributed by atoms with Crippen molar-refractivity contribution in [1.82, 2.24) is 9.78 Å². The number of nitrogens with one attached hydrogen (secondary N) is 1. The van der Waals surface area contributed by atoms with Crippen LogP contribution in [0.15, 0.2) is 77.6 Å². The minimum absolute atomic E-state index is 0.0694. The Bertz CT molecular complexity index is 1390. The van der Waals surface area contributed by atoms with Crippen molar-refractivity contribution < 1.29 is 22.7 Å². The van der Waals surface area contributed by atoms with Gasteiger partial charge in [-0.05, 0) is 36.4 Å². The summed E-state index contributed by atoms with van der Waals surface area (Å²) in [6.07, 6.45) is -4.57. The van der Waals surface area contributed by atoms with E-state index in [0.29, 0.717) is 5.69 Å². The molecule has 0 radical (unpaired) electrons. The number of benzene rings is 3. The number of anilines is 1. The fraction of sp³-hybridized carbons (Fsp3) is 0.0870. The molecule has 1 aromatic heterocycles. The minimum atomic E-state index is -4.57. The maximum atomic E-state index is 13.2. The standard InChI is InChI=1S/C23H15ClF3N3O3/c24-14-10-11-19(33-13-23(25,26)27)18(12-14)28-21(31)20-16-8-4-5-9-17(16)22(32)30(29-20)15-6-2-1-3-7-15/h1-12H,13H2,(H,28,31). The average Bonchev–Trinajstić information content (AvgIpc) is 2.79. The first-order chi connectivity index (χ1) is 15.7. The quantitative estimate of drug-likeness (QED) is 0.430. The Morgan fingerprint density at radius 1 is 1.00 bits per heavy atom. The number of hydrogen-bond donors (Lipinski definition) is 1. The molecule has 1 N–H and O–H groups in total. The fourth-order valence-corrected chi connectivity index (χ4v) is 3.34. The van der Waals surface area contributed by atoms with Gasteiger partial charge in [0.15, 0.2) is 12.3 Å². The first kappa shape index (κ1) is 22.3. The second kappa shape index (κ2) is 8.95. The van der Waals surface area contributed by atoms with Gasteiger partial charge in [0.05, 0.1) is 16.8 Å². The van der Waals surface area contributed by atoms with Crippen LogP contribution in [0, 0.1) is 0 Å². The van der Waals surface area contributed by atoms with Crippen molar-refractivity contribution in [1.29, 1.82) is 0 Å². The molecule has 33 heavy (non-hydrogen) atoms. The number of fused-ring (bicyclic) bond motifs is 1. The van der Waals surface area contributed by atoms with Gasteiger partial charge >= 0.3 is 6.18 Å². The molecule has 0 saturated carbocycles. The van der Waals surface area contributed by atoms with Gasteiger partial charge in [0, 0.05) is 10.4 Å². The van der Waals surface area contributed by atoms with Crippen molar-refractivity contribution in [3.8, 4) is 11.4 Å². The van der Waals surface area contributed by atoms with Crippen molar-refractivity contribution >= 4 is 34.0 Å². The summed E-state index contributed by atoms with van der Waals surface area (Å²) in [6.45, 7) is -1.54. The number of carbonyl (C=O) groups is 1. The lowest BCUT2D eigenvalue weighted by molar-refractivity contribution is -0.153. The van der Waals surface area contributed by atoms with E-state index in [0.717, 1.165) is 4.68 Å². The summed E-state index contributed by atoms with van der Waals surface area (Å²) < 4.78 is 43.8. The predicted molar refractivity (Wildman–Crippen MR) is 118 cm³/mol. The molecule has 10 heteroatoms. The summed E-state index contributed by atoms with van der Waals surface area (Å²) in [4.78, 5) is 26.1. The molecule has 0 bridgehead atoms. The van der Waals surface area contributed by atoms with Crippen LogP contribution in [0.4, 0.5) is 18.9 Å². The monoisotopic (exact) mass is 473 g/mol. The number of para-hydroxylation sites is 1. The fourth-order valence-electron chi connectivity index (χ4n) is 3.17. The van der Waals surface area contributed by atoms with E-state index >= 15 is 0 Å². The van der Waals surface area contributed by atoms with Crippen LogP contribution in [0.25, 0.3) is 16.5 Å². The second-order valence-electron chi connectivity index (χ2n) is 6.95. The maximum Gasteiger partial charge on any atom is 0.422 e. The summed E-state index contributed by atoms with van der Waals surface area (Å²) in [5.74, 6) is -0.972.